The lowest BCUT2D eigenvalue weighted by molar-refractivity contribution is 0.101. The van der Waals surface area contributed by atoms with Crippen molar-refractivity contribution in [3.05, 3.63) is 82.4 Å². The Morgan fingerprint density at radius 2 is 2.04 bits per heavy atom. The van der Waals surface area contributed by atoms with Crippen molar-refractivity contribution in [2.75, 3.05) is 5.32 Å². The minimum Gasteiger partial charge on any atom is -0.317 e. The van der Waals surface area contributed by atoms with E-state index < -0.39 is 11.7 Å². The molecule has 0 fully saturated rings. The van der Waals surface area contributed by atoms with Crippen LogP contribution in [0.4, 0.5) is 15.8 Å². The van der Waals surface area contributed by atoms with Gasteiger partial charge in [-0.25, -0.2) is 18.9 Å². The molecule has 1 heterocycles. The first-order chi connectivity index (χ1) is 12.1. The maximum atomic E-state index is 13.8. The first kappa shape index (κ1) is 16.6. The number of carbonyl (C=O) groups is 1. The van der Waals surface area contributed by atoms with Gasteiger partial charge in [0.2, 0.25) is 5.82 Å². The van der Waals surface area contributed by atoms with Crippen LogP contribution < -0.4 is 5.32 Å². The highest BCUT2D eigenvalue weighted by Crippen LogP contribution is 2.22. The predicted molar refractivity (Wildman–Crippen MR) is 91.2 cm³/mol. The summed E-state index contributed by atoms with van der Waals surface area (Å²) in [5.74, 6) is -1.43. The molecule has 2 aromatic carbocycles. The number of benzene rings is 2. The zero-order chi connectivity index (χ0) is 17.8. The molecule has 8 heteroatoms. The van der Waals surface area contributed by atoms with E-state index in [1.807, 2.05) is 0 Å². The number of rotatable bonds is 4. The molecule has 0 aliphatic rings. The van der Waals surface area contributed by atoms with Gasteiger partial charge in [0.15, 0.2) is 11.5 Å². The Bertz CT molecular complexity index is 962. The zero-order valence-corrected chi connectivity index (χ0v) is 13.5. The predicted octanol–water partition coefficient (Wildman–Crippen LogP) is 3.92. The van der Waals surface area contributed by atoms with Gasteiger partial charge >= 0.3 is 0 Å². The van der Waals surface area contributed by atoms with Crippen LogP contribution in [0.5, 0.6) is 0 Å². The van der Waals surface area contributed by atoms with Crippen LogP contribution in [-0.4, -0.2) is 20.7 Å². The summed E-state index contributed by atoms with van der Waals surface area (Å²) >= 11 is 5.68. The van der Waals surface area contributed by atoms with Gasteiger partial charge in [0, 0.05) is 0 Å². The fraction of sp³-hybridized carbons (Fsp3) is 0.0588. The summed E-state index contributed by atoms with van der Waals surface area (Å²) in [6.45, 7) is 7.32. The van der Waals surface area contributed by atoms with E-state index >= 15 is 0 Å². The summed E-state index contributed by atoms with van der Waals surface area (Å²) in [7, 11) is 0. The molecule has 6 nitrogen and oxygen atoms in total. The smallest absolute Gasteiger partial charge is 0.295 e. The van der Waals surface area contributed by atoms with E-state index in [0.717, 1.165) is 5.56 Å². The van der Waals surface area contributed by atoms with Gasteiger partial charge in [-0.2, -0.15) is 0 Å². The third-order valence-corrected chi connectivity index (χ3v) is 3.64. The molecule has 1 N–H and O–H groups in total. The third kappa shape index (κ3) is 3.82. The van der Waals surface area contributed by atoms with E-state index in [0.29, 0.717) is 12.2 Å². The lowest BCUT2D eigenvalue weighted by atomic mass is 10.2. The molecule has 1 amide bonds. The van der Waals surface area contributed by atoms with Gasteiger partial charge in [-0.1, -0.05) is 41.9 Å². The van der Waals surface area contributed by atoms with Crippen molar-refractivity contribution in [1.82, 2.24) is 14.8 Å². The lowest BCUT2D eigenvalue weighted by Crippen LogP contribution is -2.15. The van der Waals surface area contributed by atoms with Crippen molar-refractivity contribution in [2.45, 2.75) is 6.54 Å². The maximum Gasteiger partial charge on any atom is 0.295 e. The van der Waals surface area contributed by atoms with Crippen molar-refractivity contribution in [1.29, 1.82) is 0 Å². The standard InChI is InChI=1S/C17H11ClFN5O/c1-20-12-7-5-11(6-8-12)9-24-10-21-16(23-24)17(25)22-14-4-2-3-13(18)15(14)19/h2-8,10H,9H2,(H,22,25). The Balaban J connectivity index is 1.71. The van der Waals surface area contributed by atoms with E-state index in [1.165, 1.54) is 29.2 Å². The number of hydrogen-bond donors (Lipinski definition) is 1. The van der Waals surface area contributed by atoms with E-state index in [2.05, 4.69) is 20.2 Å². The van der Waals surface area contributed by atoms with Crippen molar-refractivity contribution >= 4 is 28.9 Å². The van der Waals surface area contributed by atoms with Crippen LogP contribution in [0, 0.1) is 12.4 Å². The molecule has 0 unspecified atom stereocenters. The van der Waals surface area contributed by atoms with Crippen LogP contribution >= 0.6 is 11.6 Å². The Morgan fingerprint density at radius 3 is 2.76 bits per heavy atom. The lowest BCUT2D eigenvalue weighted by Gasteiger charge is -2.05. The molecular weight excluding hydrogens is 345 g/mol. The Labute approximate surface area is 147 Å². The number of nitrogens with zero attached hydrogens (tertiary/aromatic N) is 4. The molecule has 0 atom stereocenters. The number of anilines is 1. The van der Waals surface area contributed by atoms with Crippen LogP contribution in [-0.2, 0) is 6.54 Å². The highest BCUT2D eigenvalue weighted by Gasteiger charge is 2.15. The molecule has 0 saturated heterocycles. The fourth-order valence-corrected chi connectivity index (χ4v) is 2.29. The van der Waals surface area contributed by atoms with E-state index in [1.54, 1.807) is 24.3 Å². The normalized spacial score (nSPS) is 10.3. The molecule has 3 aromatic rings. The largest absolute Gasteiger partial charge is 0.317 e. The number of halogens is 2. The first-order valence-electron chi connectivity index (χ1n) is 7.18. The third-order valence-electron chi connectivity index (χ3n) is 3.35. The van der Waals surface area contributed by atoms with Crippen LogP contribution in [0.3, 0.4) is 0 Å². The van der Waals surface area contributed by atoms with E-state index in [4.69, 9.17) is 18.2 Å². The second-order valence-electron chi connectivity index (χ2n) is 5.10. The Hall–Kier alpha value is -3.24. The molecule has 0 spiro atoms. The number of aromatic nitrogens is 3. The molecule has 1 aromatic heterocycles. The van der Waals surface area contributed by atoms with Crippen molar-refractivity contribution < 1.29 is 9.18 Å². The van der Waals surface area contributed by atoms with Gasteiger partial charge < -0.3 is 5.32 Å². The van der Waals surface area contributed by atoms with Gasteiger partial charge in [-0.3, -0.25) is 4.79 Å². The van der Waals surface area contributed by atoms with Crippen molar-refractivity contribution in [2.24, 2.45) is 0 Å². The number of hydrogen-bond acceptors (Lipinski definition) is 3. The fourth-order valence-electron chi connectivity index (χ4n) is 2.12. The number of amides is 1. The Morgan fingerprint density at radius 1 is 1.28 bits per heavy atom. The minimum atomic E-state index is -0.711. The van der Waals surface area contributed by atoms with Crippen LogP contribution in [0.25, 0.3) is 4.85 Å². The van der Waals surface area contributed by atoms with Gasteiger partial charge in [-0.05, 0) is 17.7 Å². The van der Waals surface area contributed by atoms with E-state index in [-0.39, 0.29) is 16.5 Å². The highest BCUT2D eigenvalue weighted by atomic mass is 35.5. The quantitative estimate of drug-likeness (QED) is 0.721. The van der Waals surface area contributed by atoms with Crippen molar-refractivity contribution in [3.63, 3.8) is 0 Å². The van der Waals surface area contributed by atoms with Gasteiger partial charge in [0.1, 0.15) is 6.33 Å². The molecule has 3 rings (SSSR count). The second kappa shape index (κ2) is 7.11. The maximum absolute atomic E-state index is 13.8. The van der Waals surface area contributed by atoms with Crippen LogP contribution in [0.1, 0.15) is 16.2 Å². The van der Waals surface area contributed by atoms with Gasteiger partial charge in [-0.15, -0.1) is 5.10 Å². The van der Waals surface area contributed by atoms with Crippen LogP contribution in [0.2, 0.25) is 5.02 Å². The summed E-state index contributed by atoms with van der Waals surface area (Å²) in [5, 5.41) is 6.38. The zero-order valence-electron chi connectivity index (χ0n) is 12.8. The summed E-state index contributed by atoms with van der Waals surface area (Å²) in [6.07, 6.45) is 1.41. The number of carbonyl (C=O) groups excluding carboxylic acids is 1. The molecule has 124 valence electrons. The highest BCUT2D eigenvalue weighted by molar-refractivity contribution is 6.31. The molecule has 0 bridgehead atoms. The van der Waals surface area contributed by atoms with Gasteiger partial charge in [0.05, 0.1) is 23.8 Å². The topological polar surface area (TPSA) is 64.2 Å². The molecule has 0 saturated carbocycles. The minimum absolute atomic E-state index is 0.0383. The summed E-state index contributed by atoms with van der Waals surface area (Å²) in [6, 6.07) is 11.3. The van der Waals surface area contributed by atoms with E-state index in [9.17, 15) is 9.18 Å². The molecule has 0 aliphatic heterocycles. The summed E-state index contributed by atoms with van der Waals surface area (Å²) < 4.78 is 15.3. The SMILES string of the molecule is [C-]#[N+]c1ccc(Cn2cnc(C(=O)Nc3cccc(Cl)c3F)n2)cc1. The van der Waals surface area contributed by atoms with Gasteiger partial charge in [0.25, 0.3) is 5.91 Å². The number of nitrogens with one attached hydrogen (secondary N) is 1. The molecule has 0 radical (unpaired) electrons. The first-order valence-corrected chi connectivity index (χ1v) is 7.56. The second-order valence-corrected chi connectivity index (χ2v) is 5.51. The monoisotopic (exact) mass is 355 g/mol. The summed E-state index contributed by atoms with van der Waals surface area (Å²) in [5.41, 5.74) is 1.42. The summed E-state index contributed by atoms with van der Waals surface area (Å²) in [4.78, 5) is 19.4. The molecular formula is C17H11ClFN5O. The molecule has 0 aliphatic carbocycles. The average Bonchev–Trinajstić information content (AvgIpc) is 3.08. The van der Waals surface area contributed by atoms with Crippen LogP contribution in [0.15, 0.2) is 48.8 Å². The van der Waals surface area contributed by atoms with Crippen molar-refractivity contribution in [3.8, 4) is 0 Å². The Kier molecular flexibility index (Phi) is 4.73. The average molecular weight is 356 g/mol. The molecule has 25 heavy (non-hydrogen) atoms.